The number of aromatic hydroxyl groups is 1. The average Bonchev–Trinajstić information content (AvgIpc) is 2.70. The van der Waals surface area contributed by atoms with E-state index in [9.17, 15) is 9.59 Å². The molecule has 0 aliphatic heterocycles. The van der Waals surface area contributed by atoms with Gasteiger partial charge in [-0.15, -0.1) is 0 Å². The lowest BCUT2D eigenvalue weighted by atomic mass is 10.2. The second kappa shape index (κ2) is 3.02. The summed E-state index contributed by atoms with van der Waals surface area (Å²) in [5.41, 5.74) is -1.56. The van der Waals surface area contributed by atoms with Gasteiger partial charge in [0, 0.05) is 0 Å². The van der Waals surface area contributed by atoms with Crippen molar-refractivity contribution in [3.05, 3.63) is 44.6 Å². The van der Waals surface area contributed by atoms with Gasteiger partial charge in [-0.2, -0.15) is 0 Å². The zero-order valence-corrected chi connectivity index (χ0v) is 7.11. The molecular formula is C9H7NO4. The third-order valence-electron chi connectivity index (χ3n) is 1.90. The van der Waals surface area contributed by atoms with Crippen molar-refractivity contribution in [3.63, 3.8) is 0 Å². The molecular weight excluding hydrogens is 186 g/mol. The summed E-state index contributed by atoms with van der Waals surface area (Å²) in [6.07, 6.45) is 1.50. The molecule has 0 atom stereocenters. The van der Waals surface area contributed by atoms with E-state index in [0.717, 1.165) is 0 Å². The Balaban J connectivity index is 2.07. The predicted octanol–water partition coefficient (Wildman–Crippen LogP) is 0.193. The van der Waals surface area contributed by atoms with E-state index in [2.05, 4.69) is 5.32 Å². The Kier molecular flexibility index (Phi) is 1.85. The summed E-state index contributed by atoms with van der Waals surface area (Å²) >= 11 is 0. The highest BCUT2D eigenvalue weighted by atomic mass is 16.3. The molecule has 1 aromatic heterocycles. The van der Waals surface area contributed by atoms with Crippen molar-refractivity contribution in [1.29, 1.82) is 0 Å². The highest BCUT2D eigenvalue weighted by Gasteiger charge is 2.19. The number of hydrogen-bond donors (Lipinski definition) is 2. The standard InChI is InChI=1S/C9H7NO4/c11-7-6(8(12)9(7)13)10-4-5-2-1-3-14-5/h1-3,10-11H,4H2. The molecule has 0 saturated carbocycles. The third-order valence-corrected chi connectivity index (χ3v) is 1.90. The minimum absolute atomic E-state index is 0.0357. The van der Waals surface area contributed by atoms with E-state index in [1.54, 1.807) is 12.1 Å². The van der Waals surface area contributed by atoms with Crippen molar-refractivity contribution in [1.82, 2.24) is 0 Å². The molecule has 1 aromatic carbocycles. The van der Waals surface area contributed by atoms with Crippen LogP contribution >= 0.6 is 0 Å². The van der Waals surface area contributed by atoms with E-state index in [1.165, 1.54) is 6.26 Å². The Bertz CT molecular complexity index is 505. The maximum Gasteiger partial charge on any atom is 0.271 e. The van der Waals surface area contributed by atoms with Gasteiger partial charge < -0.3 is 14.8 Å². The molecule has 1 heterocycles. The lowest BCUT2D eigenvalue weighted by Crippen LogP contribution is -2.33. The fourth-order valence-electron chi connectivity index (χ4n) is 1.13. The molecule has 0 bridgehead atoms. The zero-order valence-electron chi connectivity index (χ0n) is 7.11. The Morgan fingerprint density at radius 2 is 2.14 bits per heavy atom. The fraction of sp³-hybridized carbons (Fsp3) is 0.111. The van der Waals surface area contributed by atoms with Crippen molar-refractivity contribution in [2.24, 2.45) is 0 Å². The van der Waals surface area contributed by atoms with Gasteiger partial charge in [0.15, 0.2) is 5.75 Å². The van der Waals surface area contributed by atoms with Crippen molar-refractivity contribution in [2.75, 3.05) is 5.32 Å². The summed E-state index contributed by atoms with van der Waals surface area (Å²) < 4.78 is 4.99. The summed E-state index contributed by atoms with van der Waals surface area (Å²) in [5.74, 6) is 0.124. The minimum Gasteiger partial charge on any atom is -0.502 e. The van der Waals surface area contributed by atoms with Gasteiger partial charge >= 0.3 is 0 Å². The van der Waals surface area contributed by atoms with E-state index in [0.29, 0.717) is 5.76 Å². The van der Waals surface area contributed by atoms with Gasteiger partial charge in [-0.3, -0.25) is 9.59 Å². The van der Waals surface area contributed by atoms with Crippen molar-refractivity contribution in [2.45, 2.75) is 6.54 Å². The second-order valence-electron chi connectivity index (χ2n) is 2.81. The summed E-state index contributed by atoms with van der Waals surface area (Å²) in [4.78, 5) is 21.5. The first-order valence-corrected chi connectivity index (χ1v) is 3.98. The Morgan fingerprint density at radius 3 is 2.71 bits per heavy atom. The van der Waals surface area contributed by atoms with Crippen LogP contribution in [0.15, 0.2) is 32.4 Å². The summed E-state index contributed by atoms with van der Waals surface area (Å²) in [6.45, 7) is 0.269. The number of furan rings is 1. The summed E-state index contributed by atoms with van der Waals surface area (Å²) in [6, 6.07) is 3.43. The quantitative estimate of drug-likeness (QED) is 0.680. The van der Waals surface area contributed by atoms with Crippen molar-refractivity contribution in [3.8, 4) is 5.75 Å². The monoisotopic (exact) mass is 193 g/mol. The molecule has 0 aliphatic carbocycles. The van der Waals surface area contributed by atoms with Crippen LogP contribution in [-0.2, 0) is 6.54 Å². The molecule has 2 aromatic rings. The zero-order chi connectivity index (χ0) is 10.1. The van der Waals surface area contributed by atoms with Crippen LogP contribution in [0.25, 0.3) is 0 Å². The second-order valence-corrected chi connectivity index (χ2v) is 2.81. The molecule has 0 radical (unpaired) electrons. The Hall–Kier alpha value is -2.04. The van der Waals surface area contributed by atoms with Gasteiger partial charge in [0.05, 0.1) is 12.8 Å². The molecule has 0 unspecified atom stereocenters. The molecule has 0 saturated heterocycles. The third kappa shape index (κ3) is 1.19. The van der Waals surface area contributed by atoms with E-state index in [4.69, 9.17) is 9.52 Å². The lowest BCUT2D eigenvalue weighted by molar-refractivity contribution is 0.464. The molecule has 0 amide bonds. The number of anilines is 1. The maximum atomic E-state index is 10.9. The van der Waals surface area contributed by atoms with E-state index in [1.807, 2.05) is 0 Å². The number of rotatable bonds is 3. The fourth-order valence-corrected chi connectivity index (χ4v) is 1.13. The first-order chi connectivity index (χ1) is 6.70. The van der Waals surface area contributed by atoms with Gasteiger partial charge in [-0.1, -0.05) is 0 Å². The molecule has 0 aliphatic rings. The normalized spacial score (nSPS) is 10.6. The maximum absolute atomic E-state index is 10.9. The molecule has 72 valence electrons. The van der Waals surface area contributed by atoms with Crippen LogP contribution in [0.4, 0.5) is 5.69 Å². The van der Waals surface area contributed by atoms with Crippen LogP contribution in [0.5, 0.6) is 5.75 Å². The van der Waals surface area contributed by atoms with Crippen LogP contribution in [-0.4, -0.2) is 5.11 Å². The molecule has 0 fully saturated rings. The van der Waals surface area contributed by atoms with Crippen molar-refractivity contribution < 1.29 is 9.52 Å². The van der Waals surface area contributed by atoms with Crippen LogP contribution in [0, 0.1) is 0 Å². The van der Waals surface area contributed by atoms with Gasteiger partial charge in [0.25, 0.3) is 10.9 Å². The molecule has 2 rings (SSSR count). The van der Waals surface area contributed by atoms with Crippen LogP contribution in [0.1, 0.15) is 5.76 Å². The van der Waals surface area contributed by atoms with Crippen LogP contribution in [0.3, 0.4) is 0 Å². The molecule has 2 N–H and O–H groups in total. The Labute approximate surface area is 78.3 Å². The highest BCUT2D eigenvalue weighted by molar-refractivity contribution is 5.60. The van der Waals surface area contributed by atoms with Gasteiger partial charge in [0.2, 0.25) is 0 Å². The highest BCUT2D eigenvalue weighted by Crippen LogP contribution is 2.15. The first-order valence-electron chi connectivity index (χ1n) is 3.98. The van der Waals surface area contributed by atoms with Gasteiger partial charge in [-0.25, -0.2) is 0 Å². The number of hydrogen-bond acceptors (Lipinski definition) is 5. The summed E-state index contributed by atoms with van der Waals surface area (Å²) in [7, 11) is 0. The van der Waals surface area contributed by atoms with Gasteiger partial charge in [-0.05, 0) is 12.1 Å². The lowest BCUT2D eigenvalue weighted by Gasteiger charge is -2.06. The van der Waals surface area contributed by atoms with E-state index in [-0.39, 0.29) is 12.2 Å². The SMILES string of the molecule is O=c1c(O)c(NCc2ccco2)c1=O. The van der Waals surface area contributed by atoms with Gasteiger partial charge in [0.1, 0.15) is 11.4 Å². The predicted molar refractivity (Wildman–Crippen MR) is 49.1 cm³/mol. The van der Waals surface area contributed by atoms with Crippen molar-refractivity contribution >= 4 is 5.69 Å². The Morgan fingerprint density at radius 1 is 1.36 bits per heavy atom. The minimum atomic E-state index is -0.841. The summed E-state index contributed by atoms with van der Waals surface area (Å²) in [5, 5.41) is 11.6. The molecule has 5 nitrogen and oxygen atoms in total. The number of nitrogens with one attached hydrogen (secondary N) is 1. The smallest absolute Gasteiger partial charge is 0.271 e. The largest absolute Gasteiger partial charge is 0.502 e. The van der Waals surface area contributed by atoms with E-state index < -0.39 is 16.6 Å². The molecule has 0 spiro atoms. The van der Waals surface area contributed by atoms with E-state index >= 15 is 0 Å². The molecule has 14 heavy (non-hydrogen) atoms. The van der Waals surface area contributed by atoms with Crippen LogP contribution in [0.2, 0.25) is 0 Å². The average molecular weight is 193 g/mol. The first kappa shape index (κ1) is 8.55. The topological polar surface area (TPSA) is 79.5 Å². The van der Waals surface area contributed by atoms with Crippen LogP contribution < -0.4 is 16.2 Å². The molecule has 5 heteroatoms.